The molecule has 0 aliphatic heterocycles. The van der Waals surface area contributed by atoms with E-state index in [2.05, 4.69) is 18.2 Å². The van der Waals surface area contributed by atoms with E-state index >= 15 is 0 Å². The lowest BCUT2D eigenvalue weighted by atomic mass is 9.70. The first kappa shape index (κ1) is 23.4. The van der Waals surface area contributed by atoms with Crippen LogP contribution in [0, 0.1) is 16.7 Å². The monoisotopic (exact) mass is 454 g/mol. The van der Waals surface area contributed by atoms with Gasteiger partial charge in [-0.15, -0.1) is 0 Å². The molecule has 0 heterocycles. The third kappa shape index (κ3) is 3.75. The maximum atomic E-state index is 13.5. The zero-order valence-electron chi connectivity index (χ0n) is 18.8. The van der Waals surface area contributed by atoms with E-state index < -0.39 is 25.5 Å². The molecule has 0 N–H and O–H groups in total. The fraction of sp³-hybridized carbons (Fsp3) is 0.682. The molecule has 30 heavy (non-hydrogen) atoms. The van der Waals surface area contributed by atoms with Gasteiger partial charge in [-0.05, 0) is 70.4 Å². The van der Waals surface area contributed by atoms with Gasteiger partial charge < -0.3 is 0 Å². The van der Waals surface area contributed by atoms with E-state index in [1.165, 1.54) is 12.1 Å². The van der Waals surface area contributed by atoms with Gasteiger partial charge in [-0.25, -0.2) is 8.42 Å². The lowest BCUT2D eigenvalue weighted by molar-refractivity contribution is 0.191. The van der Waals surface area contributed by atoms with Gasteiger partial charge >= 0.3 is 0 Å². The van der Waals surface area contributed by atoms with Crippen LogP contribution < -0.4 is 0 Å². The summed E-state index contributed by atoms with van der Waals surface area (Å²) in [5.41, 5.74) is -0.561. The summed E-state index contributed by atoms with van der Waals surface area (Å²) in [4.78, 5) is 0.141. The summed E-state index contributed by atoms with van der Waals surface area (Å²) < 4.78 is 58.9. The van der Waals surface area contributed by atoms with Crippen LogP contribution in [0.3, 0.4) is 0 Å². The number of sulfonamides is 2. The molecule has 2 saturated carbocycles. The Kier molecular flexibility index (Phi) is 6.02. The minimum atomic E-state index is -3.88. The van der Waals surface area contributed by atoms with Gasteiger partial charge in [0.15, 0.2) is 0 Å². The van der Waals surface area contributed by atoms with Crippen molar-refractivity contribution in [1.29, 1.82) is 0 Å². The molecule has 2 bridgehead atoms. The SMILES string of the molecule is CC(C)N(C(C)C)S(=O)(=O)CC12CCC(C/C1=N\S(=O)(=O)c1ccccc1)C2(C)C. The summed E-state index contributed by atoms with van der Waals surface area (Å²) >= 11 is 0. The average molecular weight is 455 g/mol. The quantitative estimate of drug-likeness (QED) is 0.621. The van der Waals surface area contributed by atoms with E-state index in [4.69, 9.17) is 0 Å². The Bertz CT molecular complexity index is 1020. The number of nitrogens with zero attached hydrogens (tertiary/aromatic N) is 2. The third-order valence-corrected chi connectivity index (χ3v) is 10.9. The van der Waals surface area contributed by atoms with Gasteiger partial charge in [0.2, 0.25) is 10.0 Å². The molecule has 1 aromatic carbocycles. The van der Waals surface area contributed by atoms with Crippen LogP contribution in [-0.4, -0.2) is 44.7 Å². The van der Waals surface area contributed by atoms with E-state index in [9.17, 15) is 16.8 Å². The molecule has 0 spiro atoms. The lowest BCUT2D eigenvalue weighted by Gasteiger charge is -2.40. The van der Waals surface area contributed by atoms with Crippen molar-refractivity contribution in [3.8, 4) is 0 Å². The van der Waals surface area contributed by atoms with Crippen molar-refractivity contribution >= 4 is 25.8 Å². The molecular formula is C22H34N2O4S2. The zero-order chi connectivity index (χ0) is 22.5. The maximum absolute atomic E-state index is 13.5. The van der Waals surface area contributed by atoms with Crippen molar-refractivity contribution in [2.75, 3.05) is 5.75 Å². The van der Waals surface area contributed by atoms with Gasteiger partial charge in [0.25, 0.3) is 10.0 Å². The molecule has 2 fully saturated rings. The molecule has 168 valence electrons. The first-order valence-corrected chi connectivity index (χ1v) is 13.7. The number of benzene rings is 1. The molecule has 0 saturated heterocycles. The van der Waals surface area contributed by atoms with Gasteiger partial charge in [-0.2, -0.15) is 17.1 Å². The molecule has 2 aliphatic carbocycles. The van der Waals surface area contributed by atoms with Crippen molar-refractivity contribution in [2.24, 2.45) is 21.1 Å². The highest BCUT2D eigenvalue weighted by molar-refractivity contribution is 7.90. The Hall–Kier alpha value is -1.25. The summed E-state index contributed by atoms with van der Waals surface area (Å²) in [5, 5.41) is 0. The summed E-state index contributed by atoms with van der Waals surface area (Å²) in [6.07, 6.45) is 2.09. The van der Waals surface area contributed by atoms with E-state index in [1.807, 2.05) is 27.7 Å². The smallest absolute Gasteiger partial charge is 0.212 e. The van der Waals surface area contributed by atoms with Crippen LogP contribution in [0.4, 0.5) is 0 Å². The van der Waals surface area contributed by atoms with Crippen LogP contribution in [-0.2, 0) is 20.0 Å². The first-order chi connectivity index (χ1) is 13.7. The molecule has 1 aromatic rings. The number of hydrogen-bond acceptors (Lipinski definition) is 4. The van der Waals surface area contributed by atoms with Gasteiger partial charge in [-0.1, -0.05) is 32.0 Å². The second-order valence-corrected chi connectivity index (χ2v) is 13.3. The highest BCUT2D eigenvalue weighted by Gasteiger charge is 2.64. The fourth-order valence-electron chi connectivity index (χ4n) is 5.68. The summed E-state index contributed by atoms with van der Waals surface area (Å²) in [5.74, 6) is 0.146. The summed E-state index contributed by atoms with van der Waals surface area (Å²) in [7, 11) is -7.50. The molecule has 8 heteroatoms. The standard InChI is InChI=1S/C22H34N2O4S2/c1-16(2)24(17(3)4)29(25,26)15-22-13-12-18(21(22,5)6)14-20(22)23-30(27,28)19-10-8-7-9-11-19/h7-11,16-18H,12-15H2,1-6H3/b23-20+. The van der Waals surface area contributed by atoms with Gasteiger partial charge in [0.05, 0.1) is 10.6 Å². The molecule has 0 aromatic heterocycles. The highest BCUT2D eigenvalue weighted by Crippen LogP contribution is 2.65. The molecule has 2 unspecified atom stereocenters. The predicted octanol–water partition coefficient (Wildman–Crippen LogP) is 4.09. The Balaban J connectivity index is 2.09. The second kappa shape index (κ2) is 7.71. The Morgan fingerprint density at radius 1 is 1.03 bits per heavy atom. The topological polar surface area (TPSA) is 83.9 Å². The Morgan fingerprint density at radius 3 is 2.10 bits per heavy atom. The maximum Gasteiger partial charge on any atom is 0.282 e. The Labute approximate surface area is 181 Å². The number of hydrogen-bond donors (Lipinski definition) is 0. The minimum Gasteiger partial charge on any atom is -0.212 e. The van der Waals surface area contributed by atoms with Crippen LogP contribution >= 0.6 is 0 Å². The number of rotatable bonds is 7. The molecular weight excluding hydrogens is 420 g/mol. The predicted molar refractivity (Wildman–Crippen MR) is 121 cm³/mol. The van der Waals surface area contributed by atoms with Gasteiger partial charge in [-0.3, -0.25) is 0 Å². The fourth-order valence-corrected chi connectivity index (χ4v) is 9.56. The minimum absolute atomic E-state index is 0.0942. The van der Waals surface area contributed by atoms with E-state index in [1.54, 1.807) is 22.5 Å². The van der Waals surface area contributed by atoms with Crippen molar-refractivity contribution in [3.63, 3.8) is 0 Å². The van der Waals surface area contributed by atoms with Crippen molar-refractivity contribution in [2.45, 2.75) is 77.8 Å². The van der Waals surface area contributed by atoms with E-state index in [0.717, 1.165) is 6.42 Å². The van der Waals surface area contributed by atoms with Crippen LogP contribution in [0.5, 0.6) is 0 Å². The van der Waals surface area contributed by atoms with Crippen molar-refractivity contribution in [1.82, 2.24) is 4.31 Å². The lowest BCUT2D eigenvalue weighted by Crippen LogP contribution is -2.50. The van der Waals surface area contributed by atoms with Crippen LogP contribution in [0.25, 0.3) is 0 Å². The normalized spacial score (nSPS) is 27.6. The number of fused-ring (bicyclic) bond motifs is 2. The van der Waals surface area contributed by atoms with E-state index in [-0.39, 0.29) is 34.1 Å². The van der Waals surface area contributed by atoms with Crippen molar-refractivity contribution in [3.05, 3.63) is 30.3 Å². The molecule has 0 amide bonds. The van der Waals surface area contributed by atoms with E-state index in [0.29, 0.717) is 18.6 Å². The summed E-state index contributed by atoms with van der Waals surface area (Å²) in [6, 6.07) is 7.82. The molecule has 2 aliphatic rings. The highest BCUT2D eigenvalue weighted by atomic mass is 32.2. The molecule has 6 nitrogen and oxygen atoms in total. The second-order valence-electron chi connectivity index (χ2n) is 9.84. The molecule has 3 rings (SSSR count). The van der Waals surface area contributed by atoms with Crippen molar-refractivity contribution < 1.29 is 16.8 Å². The van der Waals surface area contributed by atoms with Crippen LogP contribution in [0.15, 0.2) is 39.6 Å². The first-order valence-electron chi connectivity index (χ1n) is 10.7. The largest absolute Gasteiger partial charge is 0.282 e. The Morgan fingerprint density at radius 2 is 1.60 bits per heavy atom. The zero-order valence-corrected chi connectivity index (χ0v) is 20.4. The summed E-state index contributed by atoms with van der Waals surface area (Å²) in [6.45, 7) is 11.7. The molecule has 0 radical (unpaired) electrons. The molecule has 2 atom stereocenters. The van der Waals surface area contributed by atoms with Crippen LogP contribution in [0.1, 0.15) is 60.8 Å². The van der Waals surface area contributed by atoms with Gasteiger partial charge in [0.1, 0.15) is 0 Å². The third-order valence-electron chi connectivity index (χ3n) is 7.21. The average Bonchev–Trinajstić information content (AvgIpc) is 2.95. The van der Waals surface area contributed by atoms with Gasteiger partial charge in [0, 0.05) is 23.2 Å². The van der Waals surface area contributed by atoms with Crippen LogP contribution in [0.2, 0.25) is 0 Å².